The van der Waals surface area contributed by atoms with Crippen LogP contribution in [0.25, 0.3) is 0 Å². The van der Waals surface area contributed by atoms with Crippen LogP contribution >= 0.6 is 11.6 Å². The van der Waals surface area contributed by atoms with Crippen LogP contribution in [0.1, 0.15) is 16.8 Å². The highest BCUT2D eigenvalue weighted by molar-refractivity contribution is 6.33. The van der Waals surface area contributed by atoms with Crippen LogP contribution in [0.3, 0.4) is 0 Å². The normalized spacial score (nSPS) is 9.82. The van der Waals surface area contributed by atoms with Crippen molar-refractivity contribution in [3.05, 3.63) is 34.9 Å². The Morgan fingerprint density at radius 1 is 1.35 bits per heavy atom. The van der Waals surface area contributed by atoms with Gasteiger partial charge in [-0.25, -0.2) is 0 Å². The molecule has 0 aliphatic heterocycles. The monoisotopic (exact) mass is 254 g/mol. The summed E-state index contributed by atoms with van der Waals surface area (Å²) in [5.41, 5.74) is 0.452. The molecule has 0 spiro atoms. The second-order valence-electron chi connectivity index (χ2n) is 3.63. The van der Waals surface area contributed by atoms with Crippen molar-refractivity contribution in [2.75, 3.05) is 20.6 Å². The number of nitrogens with zero attached hydrogens (tertiary/aromatic N) is 1. The Kier molecular flexibility index (Phi) is 4.97. The molecular weight excluding hydrogens is 240 g/mol. The van der Waals surface area contributed by atoms with Gasteiger partial charge in [-0.05, 0) is 12.1 Å². The molecule has 1 rings (SSSR count). The van der Waals surface area contributed by atoms with Crippen molar-refractivity contribution in [1.82, 2.24) is 10.2 Å². The summed E-state index contributed by atoms with van der Waals surface area (Å²) >= 11 is 5.93. The molecule has 0 aromatic heterocycles. The minimum absolute atomic E-state index is 0.0937. The summed E-state index contributed by atoms with van der Waals surface area (Å²) < 4.78 is 0. The van der Waals surface area contributed by atoms with E-state index in [1.165, 1.54) is 4.90 Å². The Labute approximate surface area is 106 Å². The van der Waals surface area contributed by atoms with Crippen LogP contribution in [0.4, 0.5) is 0 Å². The summed E-state index contributed by atoms with van der Waals surface area (Å²) in [4.78, 5) is 24.5. The number of nitrogens with one attached hydrogen (secondary N) is 1. The largest absolute Gasteiger partial charge is 0.359 e. The third-order valence-corrected chi connectivity index (χ3v) is 2.73. The number of hydrogen-bond donors (Lipinski definition) is 1. The molecule has 1 N–H and O–H groups in total. The number of benzene rings is 1. The summed E-state index contributed by atoms with van der Waals surface area (Å²) in [5, 5.41) is 2.93. The minimum atomic E-state index is -0.181. The molecule has 0 heterocycles. The summed E-state index contributed by atoms with van der Waals surface area (Å²) in [6.07, 6.45) is 0.281. The maximum absolute atomic E-state index is 12.0. The molecule has 1 aromatic carbocycles. The first kappa shape index (κ1) is 13.5. The van der Waals surface area contributed by atoms with Crippen molar-refractivity contribution in [3.8, 4) is 0 Å². The fraction of sp³-hybridized carbons (Fsp3) is 0.333. The maximum atomic E-state index is 12.0. The lowest BCUT2D eigenvalue weighted by atomic mass is 10.2. The van der Waals surface area contributed by atoms with E-state index in [-0.39, 0.29) is 18.2 Å². The fourth-order valence-corrected chi connectivity index (χ4v) is 1.55. The summed E-state index contributed by atoms with van der Waals surface area (Å²) in [7, 11) is 3.22. The van der Waals surface area contributed by atoms with Gasteiger partial charge in [0, 0.05) is 27.1 Å². The Balaban J connectivity index is 2.64. The van der Waals surface area contributed by atoms with Crippen molar-refractivity contribution in [3.63, 3.8) is 0 Å². The first-order valence-corrected chi connectivity index (χ1v) is 5.64. The van der Waals surface area contributed by atoms with Gasteiger partial charge in [-0.3, -0.25) is 9.59 Å². The quantitative estimate of drug-likeness (QED) is 0.886. The van der Waals surface area contributed by atoms with E-state index in [0.717, 1.165) is 0 Å². The molecule has 0 radical (unpaired) electrons. The van der Waals surface area contributed by atoms with Gasteiger partial charge < -0.3 is 10.2 Å². The Morgan fingerprint density at radius 2 is 2.00 bits per heavy atom. The highest BCUT2D eigenvalue weighted by Gasteiger charge is 2.14. The van der Waals surface area contributed by atoms with E-state index in [4.69, 9.17) is 11.6 Å². The number of carbonyl (C=O) groups excluding carboxylic acids is 2. The number of amides is 2. The predicted molar refractivity (Wildman–Crippen MR) is 67.1 cm³/mol. The van der Waals surface area contributed by atoms with Gasteiger partial charge in [0.15, 0.2) is 0 Å². The highest BCUT2D eigenvalue weighted by atomic mass is 35.5. The molecule has 0 unspecified atom stereocenters. The van der Waals surface area contributed by atoms with Gasteiger partial charge in [0.2, 0.25) is 5.91 Å². The Bertz CT molecular complexity index is 421. The molecule has 0 saturated carbocycles. The van der Waals surface area contributed by atoms with Gasteiger partial charge in [-0.15, -0.1) is 0 Å². The van der Waals surface area contributed by atoms with E-state index in [1.54, 1.807) is 38.4 Å². The summed E-state index contributed by atoms with van der Waals surface area (Å²) in [5.74, 6) is -0.275. The van der Waals surface area contributed by atoms with E-state index in [2.05, 4.69) is 5.32 Å². The zero-order valence-electron chi connectivity index (χ0n) is 9.87. The third-order valence-electron chi connectivity index (χ3n) is 2.40. The van der Waals surface area contributed by atoms with E-state index < -0.39 is 0 Å². The van der Waals surface area contributed by atoms with Gasteiger partial charge in [-0.1, -0.05) is 23.7 Å². The zero-order valence-corrected chi connectivity index (χ0v) is 10.6. The first-order valence-electron chi connectivity index (χ1n) is 5.27. The molecule has 1 aromatic rings. The van der Waals surface area contributed by atoms with Gasteiger partial charge in [-0.2, -0.15) is 0 Å². The molecule has 0 aliphatic rings. The highest BCUT2D eigenvalue weighted by Crippen LogP contribution is 2.16. The molecule has 17 heavy (non-hydrogen) atoms. The second-order valence-corrected chi connectivity index (χ2v) is 4.04. The molecule has 4 nitrogen and oxygen atoms in total. The minimum Gasteiger partial charge on any atom is -0.359 e. The van der Waals surface area contributed by atoms with Gasteiger partial charge in [0.25, 0.3) is 5.91 Å². The van der Waals surface area contributed by atoms with Gasteiger partial charge >= 0.3 is 0 Å². The lowest BCUT2D eigenvalue weighted by molar-refractivity contribution is -0.120. The Hall–Kier alpha value is -1.55. The van der Waals surface area contributed by atoms with Crippen LogP contribution in [-0.2, 0) is 4.79 Å². The topological polar surface area (TPSA) is 49.4 Å². The first-order chi connectivity index (χ1) is 8.06. The molecule has 5 heteroatoms. The van der Waals surface area contributed by atoms with Crippen LogP contribution in [0, 0.1) is 0 Å². The molecule has 0 fully saturated rings. The number of rotatable bonds is 4. The number of hydrogen-bond acceptors (Lipinski definition) is 2. The zero-order chi connectivity index (χ0) is 12.8. The van der Waals surface area contributed by atoms with Gasteiger partial charge in [0.05, 0.1) is 10.6 Å². The van der Waals surface area contributed by atoms with Crippen LogP contribution in [-0.4, -0.2) is 37.4 Å². The maximum Gasteiger partial charge on any atom is 0.255 e. The van der Waals surface area contributed by atoms with Crippen LogP contribution in [0.5, 0.6) is 0 Å². The average molecular weight is 255 g/mol. The van der Waals surface area contributed by atoms with Crippen molar-refractivity contribution in [1.29, 1.82) is 0 Å². The smallest absolute Gasteiger partial charge is 0.255 e. The molecular formula is C12H15ClN2O2. The fourth-order valence-electron chi connectivity index (χ4n) is 1.34. The molecule has 92 valence electrons. The van der Waals surface area contributed by atoms with Crippen molar-refractivity contribution in [2.24, 2.45) is 0 Å². The third kappa shape index (κ3) is 3.75. The lowest BCUT2D eigenvalue weighted by Gasteiger charge is -2.17. The van der Waals surface area contributed by atoms with E-state index >= 15 is 0 Å². The molecule has 2 amide bonds. The predicted octanol–water partition coefficient (Wildman–Crippen LogP) is 1.55. The summed E-state index contributed by atoms with van der Waals surface area (Å²) in [6, 6.07) is 6.86. The SMILES string of the molecule is CNC(=O)CCN(C)C(=O)c1ccccc1Cl. The van der Waals surface area contributed by atoms with E-state index in [9.17, 15) is 9.59 Å². The van der Waals surface area contributed by atoms with Crippen LogP contribution in [0.15, 0.2) is 24.3 Å². The van der Waals surface area contributed by atoms with E-state index in [1.807, 2.05) is 0 Å². The van der Waals surface area contributed by atoms with Crippen LogP contribution < -0.4 is 5.32 Å². The Morgan fingerprint density at radius 3 is 2.59 bits per heavy atom. The number of carbonyl (C=O) groups is 2. The molecule has 0 atom stereocenters. The summed E-state index contributed by atoms with van der Waals surface area (Å²) in [6.45, 7) is 0.365. The standard InChI is InChI=1S/C12H15ClN2O2/c1-14-11(16)7-8-15(2)12(17)9-5-3-4-6-10(9)13/h3-6H,7-8H2,1-2H3,(H,14,16). The molecule has 0 saturated heterocycles. The second kappa shape index (κ2) is 6.25. The van der Waals surface area contributed by atoms with Crippen molar-refractivity contribution < 1.29 is 9.59 Å². The van der Waals surface area contributed by atoms with Crippen molar-refractivity contribution >= 4 is 23.4 Å². The number of halogens is 1. The van der Waals surface area contributed by atoms with Crippen LogP contribution in [0.2, 0.25) is 5.02 Å². The molecule has 0 bridgehead atoms. The lowest BCUT2D eigenvalue weighted by Crippen LogP contribution is -2.31. The average Bonchev–Trinajstić information content (AvgIpc) is 2.35. The molecule has 0 aliphatic carbocycles. The van der Waals surface area contributed by atoms with Gasteiger partial charge in [0.1, 0.15) is 0 Å². The van der Waals surface area contributed by atoms with Crippen molar-refractivity contribution in [2.45, 2.75) is 6.42 Å². The van der Waals surface area contributed by atoms with E-state index in [0.29, 0.717) is 17.1 Å².